The maximum atomic E-state index is 12.2. The minimum Gasteiger partial charge on any atom is -0.482 e. The molecule has 5 nitrogen and oxygen atoms in total. The smallest absolute Gasteiger partial charge is 0.337 e. The van der Waals surface area contributed by atoms with Crippen LogP contribution < -0.4 is 9.64 Å². The van der Waals surface area contributed by atoms with Gasteiger partial charge in [0.2, 0.25) is 0 Å². The summed E-state index contributed by atoms with van der Waals surface area (Å²) in [5.74, 6) is 0.251. The molecule has 23 heavy (non-hydrogen) atoms. The topological polar surface area (TPSA) is 55.8 Å². The predicted octanol–water partition coefficient (Wildman–Crippen LogP) is 2.71. The molecule has 5 heteroatoms. The molecule has 118 valence electrons. The molecule has 1 aliphatic rings. The lowest BCUT2D eigenvalue weighted by Gasteiger charge is -2.29. The summed E-state index contributed by atoms with van der Waals surface area (Å²) in [6.45, 7) is 2.44. The third-order valence-electron chi connectivity index (χ3n) is 3.77. The molecule has 1 aliphatic heterocycles. The van der Waals surface area contributed by atoms with Crippen LogP contribution in [0.2, 0.25) is 0 Å². The summed E-state index contributed by atoms with van der Waals surface area (Å²) < 4.78 is 10.2. The Kier molecular flexibility index (Phi) is 4.02. The van der Waals surface area contributed by atoms with E-state index in [0.717, 1.165) is 16.8 Å². The van der Waals surface area contributed by atoms with Gasteiger partial charge in [0.1, 0.15) is 5.75 Å². The van der Waals surface area contributed by atoms with E-state index in [1.807, 2.05) is 37.3 Å². The minimum absolute atomic E-state index is 0.0380. The fraction of sp³-hybridized carbons (Fsp3) is 0.222. The number of fused-ring (bicyclic) bond motifs is 1. The van der Waals surface area contributed by atoms with Gasteiger partial charge in [-0.3, -0.25) is 4.79 Å². The Labute approximate surface area is 134 Å². The molecule has 0 fully saturated rings. The van der Waals surface area contributed by atoms with Crippen LogP contribution in [0.15, 0.2) is 42.5 Å². The number of ether oxygens (including phenoxy) is 2. The summed E-state index contributed by atoms with van der Waals surface area (Å²) >= 11 is 0. The molecule has 1 heterocycles. The second-order valence-electron chi connectivity index (χ2n) is 5.43. The number of hydrogen-bond acceptors (Lipinski definition) is 4. The molecule has 0 saturated heterocycles. The largest absolute Gasteiger partial charge is 0.482 e. The van der Waals surface area contributed by atoms with E-state index >= 15 is 0 Å². The second kappa shape index (κ2) is 6.12. The molecular formula is C18H17NO4. The molecule has 2 aromatic rings. The molecular weight excluding hydrogens is 294 g/mol. The fourth-order valence-corrected chi connectivity index (χ4v) is 2.53. The van der Waals surface area contributed by atoms with Crippen molar-refractivity contribution in [3.8, 4) is 5.75 Å². The number of hydrogen-bond donors (Lipinski definition) is 0. The molecule has 0 unspecified atom stereocenters. The predicted molar refractivity (Wildman–Crippen MR) is 85.6 cm³/mol. The molecule has 0 bridgehead atoms. The van der Waals surface area contributed by atoms with E-state index < -0.39 is 0 Å². The van der Waals surface area contributed by atoms with E-state index in [9.17, 15) is 9.59 Å². The van der Waals surface area contributed by atoms with Crippen LogP contribution >= 0.6 is 0 Å². The molecule has 3 rings (SSSR count). The van der Waals surface area contributed by atoms with Crippen LogP contribution in [-0.4, -0.2) is 25.6 Å². The third kappa shape index (κ3) is 3.04. The van der Waals surface area contributed by atoms with Crippen molar-refractivity contribution in [1.29, 1.82) is 0 Å². The van der Waals surface area contributed by atoms with Gasteiger partial charge < -0.3 is 14.4 Å². The van der Waals surface area contributed by atoms with Crippen LogP contribution in [0.1, 0.15) is 21.5 Å². The molecule has 0 N–H and O–H groups in total. The summed E-state index contributed by atoms with van der Waals surface area (Å²) in [6, 6.07) is 12.8. The number of aryl methyl sites for hydroxylation is 1. The lowest BCUT2D eigenvalue weighted by atomic mass is 10.1. The molecule has 0 aromatic heterocycles. The first-order valence-electron chi connectivity index (χ1n) is 7.29. The maximum Gasteiger partial charge on any atom is 0.337 e. The van der Waals surface area contributed by atoms with E-state index in [1.165, 1.54) is 7.11 Å². The van der Waals surface area contributed by atoms with Gasteiger partial charge in [-0.1, -0.05) is 18.2 Å². The van der Waals surface area contributed by atoms with Crippen LogP contribution in [0.4, 0.5) is 5.69 Å². The van der Waals surface area contributed by atoms with Crippen molar-refractivity contribution in [3.63, 3.8) is 0 Å². The highest BCUT2D eigenvalue weighted by Gasteiger charge is 2.25. The number of amides is 1. The number of rotatable bonds is 3. The molecule has 1 amide bonds. The zero-order valence-corrected chi connectivity index (χ0v) is 13.0. The number of nitrogens with zero attached hydrogens (tertiary/aromatic N) is 1. The van der Waals surface area contributed by atoms with Gasteiger partial charge >= 0.3 is 5.97 Å². The Hall–Kier alpha value is -2.82. The highest BCUT2D eigenvalue weighted by atomic mass is 16.5. The highest BCUT2D eigenvalue weighted by Crippen LogP contribution is 2.33. The molecule has 0 atom stereocenters. The summed E-state index contributed by atoms with van der Waals surface area (Å²) in [4.78, 5) is 25.4. The number of benzene rings is 2. The Balaban J connectivity index is 1.86. The third-order valence-corrected chi connectivity index (χ3v) is 3.77. The van der Waals surface area contributed by atoms with Gasteiger partial charge in [0.15, 0.2) is 6.61 Å². The SMILES string of the molecule is COC(=O)c1ccc(CN2C(=O)COc3ccc(C)cc32)cc1. The summed E-state index contributed by atoms with van der Waals surface area (Å²) in [6.07, 6.45) is 0. The number of carbonyl (C=O) groups excluding carboxylic acids is 2. The van der Waals surface area contributed by atoms with E-state index in [-0.39, 0.29) is 18.5 Å². The van der Waals surface area contributed by atoms with E-state index in [0.29, 0.717) is 17.9 Å². The first-order chi connectivity index (χ1) is 11.1. The zero-order chi connectivity index (χ0) is 16.4. The van der Waals surface area contributed by atoms with Crippen LogP contribution in [0.25, 0.3) is 0 Å². The normalized spacial score (nSPS) is 13.3. The minimum atomic E-state index is -0.375. The van der Waals surface area contributed by atoms with Gasteiger partial charge in [0.05, 0.1) is 24.9 Å². The number of carbonyl (C=O) groups is 2. The van der Waals surface area contributed by atoms with E-state index in [4.69, 9.17) is 4.74 Å². The summed E-state index contributed by atoms with van der Waals surface area (Å²) in [7, 11) is 1.35. The van der Waals surface area contributed by atoms with E-state index in [1.54, 1.807) is 17.0 Å². The monoisotopic (exact) mass is 311 g/mol. The van der Waals surface area contributed by atoms with Crippen LogP contribution in [0.3, 0.4) is 0 Å². The number of anilines is 1. The molecule has 0 spiro atoms. The van der Waals surface area contributed by atoms with Crippen molar-refractivity contribution < 1.29 is 19.1 Å². The highest BCUT2D eigenvalue weighted by molar-refractivity contribution is 5.97. The van der Waals surface area contributed by atoms with Gasteiger partial charge in [0.25, 0.3) is 5.91 Å². The average molecular weight is 311 g/mol. The summed E-state index contributed by atoms with van der Waals surface area (Å²) in [5, 5.41) is 0. The maximum absolute atomic E-state index is 12.2. The first kappa shape index (κ1) is 15.1. The Bertz CT molecular complexity index is 752. The Morgan fingerprint density at radius 1 is 1.22 bits per heavy atom. The van der Waals surface area contributed by atoms with Crippen molar-refractivity contribution in [2.75, 3.05) is 18.6 Å². The molecule has 0 saturated carbocycles. The van der Waals surface area contributed by atoms with Crippen molar-refractivity contribution in [2.24, 2.45) is 0 Å². The van der Waals surface area contributed by atoms with Gasteiger partial charge in [0, 0.05) is 0 Å². The average Bonchev–Trinajstić information content (AvgIpc) is 2.57. The fourth-order valence-electron chi connectivity index (χ4n) is 2.53. The lowest BCUT2D eigenvalue weighted by molar-refractivity contribution is -0.121. The first-order valence-corrected chi connectivity index (χ1v) is 7.29. The van der Waals surface area contributed by atoms with Gasteiger partial charge in [-0.25, -0.2) is 4.79 Å². The standard InChI is InChI=1S/C18H17NO4/c1-12-3-8-16-15(9-12)19(17(20)11-23-16)10-13-4-6-14(7-5-13)18(21)22-2/h3-9H,10-11H2,1-2H3. The van der Waals surface area contributed by atoms with Gasteiger partial charge in [-0.2, -0.15) is 0 Å². The van der Waals surface area contributed by atoms with Crippen molar-refractivity contribution in [2.45, 2.75) is 13.5 Å². The van der Waals surface area contributed by atoms with Gasteiger partial charge in [-0.05, 0) is 42.3 Å². The summed E-state index contributed by atoms with van der Waals surface area (Å²) in [5.41, 5.74) is 3.26. The Morgan fingerprint density at radius 3 is 2.65 bits per heavy atom. The number of esters is 1. The van der Waals surface area contributed by atoms with Crippen molar-refractivity contribution >= 4 is 17.6 Å². The van der Waals surface area contributed by atoms with E-state index in [2.05, 4.69) is 4.74 Å². The molecule has 0 radical (unpaired) electrons. The van der Waals surface area contributed by atoms with Crippen LogP contribution in [-0.2, 0) is 16.1 Å². The molecule has 0 aliphatic carbocycles. The quantitative estimate of drug-likeness (QED) is 0.818. The zero-order valence-electron chi connectivity index (χ0n) is 13.0. The van der Waals surface area contributed by atoms with Crippen molar-refractivity contribution in [3.05, 3.63) is 59.2 Å². The van der Waals surface area contributed by atoms with Crippen LogP contribution in [0.5, 0.6) is 5.75 Å². The lowest BCUT2D eigenvalue weighted by Crippen LogP contribution is -2.38. The Morgan fingerprint density at radius 2 is 1.96 bits per heavy atom. The number of methoxy groups -OCH3 is 1. The molecule has 2 aromatic carbocycles. The van der Waals surface area contributed by atoms with Crippen molar-refractivity contribution in [1.82, 2.24) is 0 Å². The van der Waals surface area contributed by atoms with Gasteiger partial charge in [-0.15, -0.1) is 0 Å². The second-order valence-corrected chi connectivity index (χ2v) is 5.43. The van der Waals surface area contributed by atoms with Crippen LogP contribution in [0, 0.1) is 6.92 Å².